The molecule has 6 heteroatoms. The van der Waals surface area contributed by atoms with Crippen molar-refractivity contribution in [3.05, 3.63) is 99.0 Å². The predicted octanol–water partition coefficient (Wildman–Crippen LogP) is 6.09. The zero-order valence-corrected chi connectivity index (χ0v) is 20.2. The molecule has 33 heavy (non-hydrogen) atoms. The zero-order chi connectivity index (χ0) is 23.7. The molecule has 0 spiro atoms. The van der Waals surface area contributed by atoms with Crippen LogP contribution < -0.4 is 9.64 Å². The number of carbonyl (C=O) groups excluding carboxylic acids is 2. The van der Waals surface area contributed by atoms with Crippen LogP contribution in [0.25, 0.3) is 5.76 Å². The van der Waals surface area contributed by atoms with E-state index in [-0.39, 0.29) is 11.3 Å². The lowest BCUT2D eigenvalue weighted by Gasteiger charge is -2.25. The molecule has 1 saturated heterocycles. The van der Waals surface area contributed by atoms with Crippen molar-refractivity contribution in [2.75, 3.05) is 11.5 Å². The summed E-state index contributed by atoms with van der Waals surface area (Å²) in [6.07, 6.45) is 0. The Bertz CT molecular complexity index is 1250. The minimum Gasteiger partial charge on any atom is -0.507 e. The number of nitrogens with zero attached hydrogens (tertiary/aromatic N) is 1. The summed E-state index contributed by atoms with van der Waals surface area (Å²) in [5.41, 5.74) is 3.78. The van der Waals surface area contributed by atoms with Gasteiger partial charge in [-0.1, -0.05) is 51.8 Å². The van der Waals surface area contributed by atoms with Gasteiger partial charge in [0, 0.05) is 15.7 Å². The summed E-state index contributed by atoms with van der Waals surface area (Å²) in [6.45, 7) is 6.29. The first-order valence-corrected chi connectivity index (χ1v) is 11.5. The summed E-state index contributed by atoms with van der Waals surface area (Å²) < 4.78 is 6.44. The topological polar surface area (TPSA) is 66.8 Å². The Morgan fingerprint density at radius 2 is 1.67 bits per heavy atom. The van der Waals surface area contributed by atoms with Crippen molar-refractivity contribution in [2.24, 2.45) is 0 Å². The van der Waals surface area contributed by atoms with Crippen LogP contribution in [0.5, 0.6) is 5.75 Å². The molecular weight excluding hydrogens is 482 g/mol. The molecule has 0 radical (unpaired) electrons. The molecule has 1 amide bonds. The SMILES string of the molecule is CCOc1ccc(C2/C(=C(/O)c3ccc(Br)c(C)c3)C(=O)C(=O)N2c2ccc(C)cc2)cc1. The summed E-state index contributed by atoms with van der Waals surface area (Å²) in [6, 6.07) is 19.2. The molecule has 4 rings (SSSR count). The molecule has 1 unspecified atom stereocenters. The van der Waals surface area contributed by atoms with E-state index in [1.165, 1.54) is 4.90 Å². The van der Waals surface area contributed by atoms with Gasteiger partial charge in [0.25, 0.3) is 11.7 Å². The molecule has 0 bridgehead atoms. The average molecular weight is 506 g/mol. The Labute approximate surface area is 201 Å². The highest BCUT2D eigenvalue weighted by Gasteiger charge is 2.47. The Morgan fingerprint density at radius 1 is 1.00 bits per heavy atom. The van der Waals surface area contributed by atoms with E-state index < -0.39 is 17.7 Å². The Hall–Kier alpha value is -3.38. The molecule has 168 valence electrons. The second-order valence-electron chi connectivity index (χ2n) is 7.97. The van der Waals surface area contributed by atoms with Crippen LogP contribution in [0.2, 0.25) is 0 Å². The van der Waals surface area contributed by atoms with Crippen LogP contribution >= 0.6 is 15.9 Å². The van der Waals surface area contributed by atoms with Crippen LogP contribution in [0.4, 0.5) is 5.69 Å². The van der Waals surface area contributed by atoms with E-state index in [9.17, 15) is 14.7 Å². The van der Waals surface area contributed by atoms with Gasteiger partial charge < -0.3 is 9.84 Å². The second-order valence-corrected chi connectivity index (χ2v) is 8.82. The lowest BCUT2D eigenvalue weighted by molar-refractivity contribution is -0.132. The quantitative estimate of drug-likeness (QED) is 0.258. The molecular formula is C27H24BrNO4. The van der Waals surface area contributed by atoms with Gasteiger partial charge >= 0.3 is 0 Å². The molecule has 0 saturated carbocycles. The predicted molar refractivity (Wildman–Crippen MR) is 132 cm³/mol. The third-order valence-corrected chi connectivity index (χ3v) is 6.58. The van der Waals surface area contributed by atoms with Crippen molar-refractivity contribution in [1.82, 2.24) is 0 Å². The van der Waals surface area contributed by atoms with Gasteiger partial charge in [-0.05, 0) is 68.3 Å². The Morgan fingerprint density at radius 3 is 2.27 bits per heavy atom. The summed E-state index contributed by atoms with van der Waals surface area (Å²) in [7, 11) is 0. The smallest absolute Gasteiger partial charge is 0.300 e. The first-order chi connectivity index (χ1) is 15.8. The molecule has 0 aliphatic carbocycles. The number of rotatable bonds is 5. The van der Waals surface area contributed by atoms with Crippen molar-refractivity contribution in [3.63, 3.8) is 0 Å². The van der Waals surface area contributed by atoms with Gasteiger partial charge in [-0.25, -0.2) is 0 Å². The zero-order valence-electron chi connectivity index (χ0n) is 18.6. The van der Waals surface area contributed by atoms with E-state index >= 15 is 0 Å². The monoisotopic (exact) mass is 505 g/mol. The number of Topliss-reactive ketones (excluding diaryl/α,β-unsaturated/α-hetero) is 1. The van der Waals surface area contributed by atoms with E-state index in [1.807, 2.05) is 63.2 Å². The van der Waals surface area contributed by atoms with E-state index in [0.29, 0.717) is 29.2 Å². The van der Waals surface area contributed by atoms with E-state index in [4.69, 9.17) is 4.74 Å². The minimum atomic E-state index is -0.771. The third-order valence-electron chi connectivity index (χ3n) is 5.69. The third kappa shape index (κ3) is 4.31. The molecule has 1 aliphatic heterocycles. The van der Waals surface area contributed by atoms with Gasteiger partial charge in [0.15, 0.2) is 0 Å². The van der Waals surface area contributed by atoms with Crippen LogP contribution in [0, 0.1) is 13.8 Å². The van der Waals surface area contributed by atoms with Crippen LogP contribution in [-0.4, -0.2) is 23.4 Å². The van der Waals surface area contributed by atoms with E-state index in [2.05, 4.69) is 15.9 Å². The number of hydrogen-bond donors (Lipinski definition) is 1. The number of aryl methyl sites for hydroxylation is 2. The number of ether oxygens (including phenoxy) is 1. The standard InChI is InChI=1S/C27H24BrNO4/c1-4-33-21-12-7-18(8-13-21)24-23(25(30)19-9-14-22(28)17(3)15-19)26(31)27(32)29(24)20-10-5-16(2)6-11-20/h5-15,24,30H,4H2,1-3H3/b25-23-. The molecule has 3 aromatic rings. The summed E-state index contributed by atoms with van der Waals surface area (Å²) in [5, 5.41) is 11.2. The molecule has 1 heterocycles. The van der Waals surface area contributed by atoms with Crippen molar-refractivity contribution in [1.29, 1.82) is 0 Å². The van der Waals surface area contributed by atoms with Gasteiger partial charge in [0.2, 0.25) is 0 Å². The molecule has 1 N–H and O–H groups in total. The summed E-state index contributed by atoms with van der Waals surface area (Å²) in [4.78, 5) is 27.9. The fourth-order valence-electron chi connectivity index (χ4n) is 3.98. The van der Waals surface area contributed by atoms with Crippen LogP contribution in [0.15, 0.2) is 76.8 Å². The van der Waals surface area contributed by atoms with Crippen molar-refractivity contribution in [3.8, 4) is 5.75 Å². The average Bonchev–Trinajstić information content (AvgIpc) is 3.07. The molecule has 5 nitrogen and oxygen atoms in total. The van der Waals surface area contributed by atoms with Crippen molar-refractivity contribution >= 4 is 39.1 Å². The normalized spacial score (nSPS) is 17.5. The lowest BCUT2D eigenvalue weighted by atomic mass is 9.94. The lowest BCUT2D eigenvalue weighted by Crippen LogP contribution is -2.29. The van der Waals surface area contributed by atoms with Gasteiger partial charge in [-0.15, -0.1) is 0 Å². The van der Waals surface area contributed by atoms with E-state index in [1.54, 1.807) is 24.3 Å². The highest BCUT2D eigenvalue weighted by molar-refractivity contribution is 9.10. The summed E-state index contributed by atoms with van der Waals surface area (Å²) in [5.74, 6) is -0.893. The molecule has 3 aromatic carbocycles. The number of carbonyl (C=O) groups is 2. The maximum absolute atomic E-state index is 13.2. The van der Waals surface area contributed by atoms with Gasteiger partial charge in [0.05, 0.1) is 18.2 Å². The second kappa shape index (κ2) is 9.24. The largest absolute Gasteiger partial charge is 0.507 e. The number of ketones is 1. The van der Waals surface area contributed by atoms with Crippen LogP contribution in [0.3, 0.4) is 0 Å². The van der Waals surface area contributed by atoms with Crippen LogP contribution in [-0.2, 0) is 9.59 Å². The number of amides is 1. The van der Waals surface area contributed by atoms with E-state index in [0.717, 1.165) is 15.6 Å². The number of hydrogen-bond acceptors (Lipinski definition) is 4. The van der Waals surface area contributed by atoms with Gasteiger partial charge in [0.1, 0.15) is 11.5 Å². The Balaban J connectivity index is 1.91. The first kappa shape index (κ1) is 22.8. The summed E-state index contributed by atoms with van der Waals surface area (Å²) >= 11 is 3.46. The number of aliphatic hydroxyl groups excluding tert-OH is 1. The van der Waals surface area contributed by atoms with Crippen molar-refractivity contribution < 1.29 is 19.4 Å². The van der Waals surface area contributed by atoms with Crippen molar-refractivity contribution in [2.45, 2.75) is 26.8 Å². The molecule has 1 aliphatic rings. The van der Waals surface area contributed by atoms with Gasteiger partial charge in [-0.3, -0.25) is 14.5 Å². The number of aliphatic hydroxyl groups is 1. The highest BCUT2D eigenvalue weighted by Crippen LogP contribution is 2.42. The number of anilines is 1. The minimum absolute atomic E-state index is 0.0615. The molecule has 1 fully saturated rings. The first-order valence-electron chi connectivity index (χ1n) is 10.7. The highest BCUT2D eigenvalue weighted by atomic mass is 79.9. The molecule has 1 atom stereocenters. The number of benzene rings is 3. The Kier molecular flexibility index (Phi) is 6.38. The fourth-order valence-corrected chi connectivity index (χ4v) is 4.23. The number of halogens is 1. The maximum atomic E-state index is 13.2. The maximum Gasteiger partial charge on any atom is 0.300 e. The van der Waals surface area contributed by atoms with Crippen LogP contribution in [0.1, 0.15) is 35.2 Å². The van der Waals surface area contributed by atoms with Gasteiger partial charge in [-0.2, -0.15) is 0 Å². The fraction of sp³-hybridized carbons (Fsp3) is 0.185. The molecule has 0 aromatic heterocycles.